The smallest absolute Gasteiger partial charge is 0.208 e. The van der Waals surface area contributed by atoms with Gasteiger partial charge in [-0.15, -0.1) is 5.10 Å². The molecule has 4 nitrogen and oxygen atoms in total. The average Bonchev–Trinajstić information content (AvgIpc) is 2.73. The number of hydrogen-bond acceptors (Lipinski definition) is 3. The quantitative estimate of drug-likeness (QED) is 0.864. The summed E-state index contributed by atoms with van der Waals surface area (Å²) >= 11 is 10.6. The number of nitrogens with zero attached hydrogens (tertiary/aromatic N) is 3. The summed E-state index contributed by atoms with van der Waals surface area (Å²) in [5.74, 6) is -0.175. The molecule has 2 rings (SSSR count). The number of aromatic nitrogens is 3. The highest BCUT2D eigenvalue weighted by molar-refractivity contribution is 7.80. The predicted octanol–water partition coefficient (Wildman–Crippen LogP) is 1.75. The van der Waals surface area contributed by atoms with E-state index in [0.29, 0.717) is 12.1 Å². The standard InChI is InChI=1S/C10H8ClFN4S/c11-8-6(2-1-3-7(8)12)4-16-5-14-10(15-16)9(13)17/h1-3,5H,4H2,(H2,13,17). The Morgan fingerprint density at radius 3 is 2.94 bits per heavy atom. The number of rotatable bonds is 3. The van der Waals surface area contributed by atoms with Crippen LogP contribution >= 0.6 is 23.8 Å². The lowest BCUT2D eigenvalue weighted by atomic mass is 10.2. The monoisotopic (exact) mass is 270 g/mol. The van der Waals surface area contributed by atoms with Crippen LogP contribution in [0.25, 0.3) is 0 Å². The molecule has 0 aliphatic carbocycles. The van der Waals surface area contributed by atoms with E-state index in [4.69, 9.17) is 29.6 Å². The van der Waals surface area contributed by atoms with Gasteiger partial charge in [-0.2, -0.15) is 0 Å². The molecule has 2 aromatic rings. The van der Waals surface area contributed by atoms with E-state index in [0.717, 1.165) is 0 Å². The van der Waals surface area contributed by atoms with E-state index in [2.05, 4.69) is 10.1 Å². The van der Waals surface area contributed by atoms with Crippen LogP contribution in [0.5, 0.6) is 0 Å². The number of thiocarbonyl (C=S) groups is 1. The zero-order valence-electron chi connectivity index (χ0n) is 8.60. The largest absolute Gasteiger partial charge is 0.387 e. The summed E-state index contributed by atoms with van der Waals surface area (Å²) < 4.78 is 14.7. The van der Waals surface area contributed by atoms with Crippen molar-refractivity contribution in [3.8, 4) is 0 Å². The summed E-state index contributed by atoms with van der Waals surface area (Å²) in [5.41, 5.74) is 6.00. The van der Waals surface area contributed by atoms with E-state index in [-0.39, 0.29) is 15.8 Å². The zero-order chi connectivity index (χ0) is 12.4. The molecular formula is C10H8ClFN4S. The first-order valence-corrected chi connectivity index (χ1v) is 5.48. The first kappa shape index (κ1) is 11.9. The zero-order valence-corrected chi connectivity index (χ0v) is 10.2. The second-order valence-corrected chi connectivity index (χ2v) is 4.16. The Hall–Kier alpha value is -1.53. The third-order valence-corrected chi connectivity index (χ3v) is 2.73. The molecule has 0 saturated heterocycles. The summed E-state index contributed by atoms with van der Waals surface area (Å²) in [5, 5.41) is 4.12. The Labute approximate surface area is 107 Å². The van der Waals surface area contributed by atoms with Crippen LogP contribution in [0, 0.1) is 5.82 Å². The first-order chi connectivity index (χ1) is 8.08. The van der Waals surface area contributed by atoms with Crippen molar-refractivity contribution in [3.05, 3.63) is 46.8 Å². The predicted molar refractivity (Wildman–Crippen MR) is 66.4 cm³/mol. The van der Waals surface area contributed by atoms with Crippen LogP contribution in [0.1, 0.15) is 11.4 Å². The van der Waals surface area contributed by atoms with Gasteiger partial charge in [0.25, 0.3) is 0 Å². The second kappa shape index (κ2) is 4.77. The molecule has 0 radical (unpaired) electrons. The number of nitrogens with two attached hydrogens (primary N) is 1. The highest BCUT2D eigenvalue weighted by Gasteiger charge is 2.08. The summed E-state index contributed by atoms with van der Waals surface area (Å²) in [7, 11) is 0. The van der Waals surface area contributed by atoms with Crippen LogP contribution in [0.2, 0.25) is 5.02 Å². The number of halogens is 2. The third-order valence-electron chi connectivity index (χ3n) is 2.12. The highest BCUT2D eigenvalue weighted by atomic mass is 35.5. The van der Waals surface area contributed by atoms with Gasteiger partial charge in [0.1, 0.15) is 17.1 Å². The third kappa shape index (κ3) is 2.59. The Morgan fingerprint density at radius 2 is 2.29 bits per heavy atom. The average molecular weight is 271 g/mol. The summed E-state index contributed by atoms with van der Waals surface area (Å²) in [6, 6.07) is 4.60. The van der Waals surface area contributed by atoms with Crippen LogP contribution in [0.15, 0.2) is 24.5 Å². The van der Waals surface area contributed by atoms with Crippen LogP contribution < -0.4 is 5.73 Å². The SMILES string of the molecule is NC(=S)c1ncn(Cc2cccc(F)c2Cl)n1. The van der Waals surface area contributed by atoms with E-state index >= 15 is 0 Å². The molecule has 0 bridgehead atoms. The van der Waals surface area contributed by atoms with Gasteiger partial charge in [-0.1, -0.05) is 36.0 Å². The maximum Gasteiger partial charge on any atom is 0.208 e. The summed E-state index contributed by atoms with van der Waals surface area (Å²) in [6.45, 7) is 0.312. The van der Waals surface area contributed by atoms with Gasteiger partial charge in [-0.05, 0) is 11.6 Å². The van der Waals surface area contributed by atoms with E-state index in [1.54, 1.807) is 12.1 Å². The van der Waals surface area contributed by atoms with Crippen molar-refractivity contribution < 1.29 is 4.39 Å². The molecule has 7 heteroatoms. The van der Waals surface area contributed by atoms with Gasteiger partial charge in [-0.3, -0.25) is 0 Å². The second-order valence-electron chi connectivity index (χ2n) is 3.34. The Balaban J connectivity index is 2.25. The van der Waals surface area contributed by atoms with Crippen molar-refractivity contribution in [3.63, 3.8) is 0 Å². The fraction of sp³-hybridized carbons (Fsp3) is 0.100. The first-order valence-electron chi connectivity index (χ1n) is 4.70. The molecule has 0 saturated carbocycles. The minimum atomic E-state index is -0.459. The van der Waals surface area contributed by atoms with Crippen molar-refractivity contribution in [2.24, 2.45) is 5.73 Å². The van der Waals surface area contributed by atoms with E-state index in [1.165, 1.54) is 17.1 Å². The van der Waals surface area contributed by atoms with Gasteiger partial charge >= 0.3 is 0 Å². The molecule has 1 aromatic carbocycles. The van der Waals surface area contributed by atoms with Crippen LogP contribution in [-0.4, -0.2) is 19.8 Å². The lowest BCUT2D eigenvalue weighted by Crippen LogP contribution is -2.12. The van der Waals surface area contributed by atoms with E-state index in [9.17, 15) is 4.39 Å². The summed E-state index contributed by atoms with van der Waals surface area (Å²) in [6.07, 6.45) is 1.47. The molecular weight excluding hydrogens is 263 g/mol. The molecule has 88 valence electrons. The molecule has 1 heterocycles. The van der Waals surface area contributed by atoms with Crippen LogP contribution in [0.3, 0.4) is 0 Å². The molecule has 1 aromatic heterocycles. The molecule has 0 unspecified atom stereocenters. The molecule has 2 N–H and O–H groups in total. The minimum absolute atomic E-state index is 0.0832. The maximum atomic E-state index is 13.2. The molecule has 0 aliphatic rings. The molecule has 0 amide bonds. The Morgan fingerprint density at radius 1 is 1.53 bits per heavy atom. The molecule has 0 atom stereocenters. The van der Waals surface area contributed by atoms with Gasteiger partial charge in [0.15, 0.2) is 0 Å². The lowest BCUT2D eigenvalue weighted by Gasteiger charge is -2.04. The van der Waals surface area contributed by atoms with Crippen molar-refractivity contribution in [2.45, 2.75) is 6.54 Å². The fourth-order valence-corrected chi connectivity index (χ4v) is 1.61. The van der Waals surface area contributed by atoms with Crippen LogP contribution in [-0.2, 0) is 6.54 Å². The van der Waals surface area contributed by atoms with E-state index < -0.39 is 5.82 Å². The van der Waals surface area contributed by atoms with Gasteiger partial charge in [0.2, 0.25) is 5.82 Å². The van der Waals surface area contributed by atoms with E-state index in [1.807, 2.05) is 0 Å². The fourth-order valence-electron chi connectivity index (χ4n) is 1.33. The van der Waals surface area contributed by atoms with Crippen molar-refractivity contribution in [2.75, 3.05) is 0 Å². The molecule has 0 fully saturated rings. The van der Waals surface area contributed by atoms with Crippen LogP contribution in [0.4, 0.5) is 4.39 Å². The normalized spacial score (nSPS) is 10.5. The van der Waals surface area contributed by atoms with Crippen molar-refractivity contribution in [1.82, 2.24) is 14.8 Å². The minimum Gasteiger partial charge on any atom is -0.387 e. The molecule has 17 heavy (non-hydrogen) atoms. The van der Waals surface area contributed by atoms with Crippen molar-refractivity contribution >= 4 is 28.8 Å². The van der Waals surface area contributed by atoms with Gasteiger partial charge in [0.05, 0.1) is 11.6 Å². The highest BCUT2D eigenvalue weighted by Crippen LogP contribution is 2.20. The number of hydrogen-bond donors (Lipinski definition) is 1. The Bertz CT molecular complexity index is 569. The topological polar surface area (TPSA) is 56.7 Å². The molecule has 0 aliphatic heterocycles. The maximum absolute atomic E-state index is 13.2. The van der Waals surface area contributed by atoms with Gasteiger partial charge in [-0.25, -0.2) is 14.1 Å². The van der Waals surface area contributed by atoms with Gasteiger partial charge in [0, 0.05) is 0 Å². The lowest BCUT2D eigenvalue weighted by molar-refractivity contribution is 0.619. The van der Waals surface area contributed by atoms with Crippen molar-refractivity contribution in [1.29, 1.82) is 0 Å². The summed E-state index contributed by atoms with van der Waals surface area (Å²) in [4.78, 5) is 4.03. The molecule has 0 spiro atoms. The Kier molecular flexibility index (Phi) is 3.35. The number of benzene rings is 1. The van der Waals surface area contributed by atoms with Gasteiger partial charge < -0.3 is 5.73 Å².